The third-order valence-corrected chi connectivity index (χ3v) is 12.1. The predicted molar refractivity (Wildman–Crippen MR) is 216 cm³/mol. The van der Waals surface area contributed by atoms with Crippen LogP contribution < -0.4 is 4.90 Å². The smallest absolute Gasteiger partial charge is 0.159 e. The summed E-state index contributed by atoms with van der Waals surface area (Å²) in [5.41, 5.74) is 13.0. The number of rotatable bonds is 3. The normalized spacial score (nSPS) is 14.2. The first-order valence-corrected chi connectivity index (χ1v) is 18.6. The highest BCUT2D eigenvalue weighted by Gasteiger charge is 2.36. The molecule has 0 aliphatic heterocycles. The van der Waals surface area contributed by atoms with E-state index in [-0.39, 0.29) is 16.2 Å². The van der Waals surface area contributed by atoms with Crippen LogP contribution in [0.3, 0.4) is 0 Å². The Balaban J connectivity index is 1.38. The predicted octanol–water partition coefficient (Wildman–Crippen LogP) is 14.3. The fourth-order valence-electron chi connectivity index (χ4n) is 8.23. The van der Waals surface area contributed by atoms with E-state index in [1.54, 1.807) is 0 Å². The molecule has 0 radical (unpaired) electrons. The lowest BCUT2D eigenvalue weighted by molar-refractivity contribution is 0.559. The maximum Gasteiger partial charge on any atom is 0.159 e. The van der Waals surface area contributed by atoms with Crippen molar-refractivity contribution in [1.82, 2.24) is 0 Å². The molecule has 8 aromatic rings. The summed E-state index contributed by atoms with van der Waals surface area (Å²) in [6, 6.07) is 43.0. The first kappa shape index (κ1) is 31.1. The van der Waals surface area contributed by atoms with E-state index < -0.39 is 0 Å². The second-order valence-corrected chi connectivity index (χ2v) is 17.7. The van der Waals surface area contributed by atoms with Gasteiger partial charge in [0, 0.05) is 47.6 Å². The van der Waals surface area contributed by atoms with Gasteiger partial charge in [0.15, 0.2) is 5.58 Å². The van der Waals surface area contributed by atoms with E-state index in [0.717, 1.165) is 33.6 Å². The average molecular weight is 670 g/mol. The quantitative estimate of drug-likeness (QED) is 0.186. The van der Waals surface area contributed by atoms with Gasteiger partial charge in [0.05, 0.1) is 11.4 Å². The molecule has 2 aromatic heterocycles. The van der Waals surface area contributed by atoms with Crippen molar-refractivity contribution in [2.24, 2.45) is 0 Å². The monoisotopic (exact) mass is 669 g/mol. The van der Waals surface area contributed by atoms with Crippen LogP contribution in [-0.4, -0.2) is 0 Å². The lowest BCUT2D eigenvalue weighted by Gasteiger charge is -2.28. The van der Waals surface area contributed by atoms with Gasteiger partial charge in [-0.3, -0.25) is 0 Å². The molecule has 2 nitrogen and oxygen atoms in total. The minimum Gasteiger partial charge on any atom is -0.454 e. The molecule has 1 aliphatic carbocycles. The highest BCUT2D eigenvalue weighted by Crippen LogP contribution is 2.53. The highest BCUT2D eigenvalue weighted by atomic mass is 32.1. The number of furan rings is 1. The molecule has 3 heteroatoms. The summed E-state index contributed by atoms with van der Waals surface area (Å²) in [6.07, 6.45) is 0. The summed E-state index contributed by atoms with van der Waals surface area (Å²) < 4.78 is 9.74. The van der Waals surface area contributed by atoms with E-state index in [0.29, 0.717) is 0 Å². The molecule has 50 heavy (non-hydrogen) atoms. The van der Waals surface area contributed by atoms with Gasteiger partial charge in [-0.15, -0.1) is 11.3 Å². The van der Waals surface area contributed by atoms with Crippen molar-refractivity contribution >= 4 is 70.5 Å². The Kier molecular flexibility index (Phi) is 6.59. The zero-order valence-electron chi connectivity index (χ0n) is 30.2. The molecule has 0 atom stereocenters. The topological polar surface area (TPSA) is 16.4 Å². The number of anilines is 3. The van der Waals surface area contributed by atoms with Gasteiger partial charge in [-0.25, -0.2) is 0 Å². The van der Waals surface area contributed by atoms with Crippen molar-refractivity contribution < 1.29 is 4.42 Å². The second kappa shape index (κ2) is 10.6. The van der Waals surface area contributed by atoms with Gasteiger partial charge < -0.3 is 9.32 Å². The van der Waals surface area contributed by atoms with Gasteiger partial charge in [-0.2, -0.15) is 0 Å². The standard InChI is InChI=1S/C47H43NOS/c1-45(2,3)28-25-34-32-17-13-20-39(44(32)49-43(34)37(26-28)46(4,5)6)48(38-19-14-22-41-42(38)33-16-10-12-21-40(33)50-41)29-23-24-31-30-15-9-11-18-35(30)47(7,8)36(31)27-29/h9-27H,1-8H3. The van der Waals surface area contributed by atoms with Gasteiger partial charge in [0.25, 0.3) is 0 Å². The number of benzene rings is 6. The summed E-state index contributed by atoms with van der Waals surface area (Å²) in [5, 5.41) is 4.89. The average Bonchev–Trinajstić information content (AvgIpc) is 3.72. The molecule has 0 bridgehead atoms. The van der Waals surface area contributed by atoms with Crippen molar-refractivity contribution in [2.45, 2.75) is 71.6 Å². The van der Waals surface area contributed by atoms with Crippen LogP contribution in [0.5, 0.6) is 0 Å². The van der Waals surface area contributed by atoms with Gasteiger partial charge in [-0.05, 0) is 81.1 Å². The summed E-state index contributed by atoms with van der Waals surface area (Å²) in [4.78, 5) is 2.47. The SMILES string of the molecule is CC(C)(C)c1cc(C(C)(C)C)c2oc3c(N(c4ccc5c(c4)C(C)(C)c4ccccc4-5)c4cccc5sc6ccccc6c45)cccc3c2c1. The summed E-state index contributed by atoms with van der Waals surface area (Å²) in [5.74, 6) is 0. The van der Waals surface area contributed by atoms with Crippen LogP contribution in [0.15, 0.2) is 120 Å². The van der Waals surface area contributed by atoms with Gasteiger partial charge in [0.1, 0.15) is 5.58 Å². The zero-order valence-corrected chi connectivity index (χ0v) is 31.0. The molecule has 0 amide bonds. The number of hydrogen-bond acceptors (Lipinski definition) is 3. The van der Waals surface area contributed by atoms with Crippen LogP contribution in [0.4, 0.5) is 17.1 Å². The molecular formula is C47H43NOS. The van der Waals surface area contributed by atoms with Crippen molar-refractivity contribution in [3.63, 3.8) is 0 Å². The maximum absolute atomic E-state index is 7.16. The number of para-hydroxylation sites is 1. The third kappa shape index (κ3) is 4.52. The Hall–Kier alpha value is -4.86. The Labute approximate surface area is 299 Å². The minimum atomic E-state index is -0.120. The van der Waals surface area contributed by atoms with Crippen molar-refractivity contribution in [3.05, 3.63) is 138 Å². The van der Waals surface area contributed by atoms with Crippen LogP contribution >= 0.6 is 11.3 Å². The van der Waals surface area contributed by atoms with Crippen molar-refractivity contribution in [3.8, 4) is 11.1 Å². The molecule has 0 N–H and O–H groups in total. The van der Waals surface area contributed by atoms with E-state index in [4.69, 9.17) is 4.42 Å². The number of thiophene rings is 1. The molecule has 0 fully saturated rings. The number of nitrogens with zero attached hydrogens (tertiary/aromatic N) is 1. The Morgan fingerprint density at radius 3 is 2.04 bits per heavy atom. The zero-order chi connectivity index (χ0) is 34.7. The second-order valence-electron chi connectivity index (χ2n) is 16.6. The number of hydrogen-bond donors (Lipinski definition) is 0. The van der Waals surface area contributed by atoms with Gasteiger partial charge in [-0.1, -0.05) is 128 Å². The van der Waals surface area contributed by atoms with Crippen molar-refractivity contribution in [1.29, 1.82) is 0 Å². The summed E-state index contributed by atoms with van der Waals surface area (Å²) >= 11 is 1.86. The minimum absolute atomic E-state index is 0.00583. The number of fused-ring (bicyclic) bond motifs is 9. The molecule has 9 rings (SSSR count). The lowest BCUT2D eigenvalue weighted by Crippen LogP contribution is -2.16. The van der Waals surface area contributed by atoms with Crippen molar-refractivity contribution in [2.75, 3.05) is 4.90 Å². The van der Waals surface area contributed by atoms with Crippen LogP contribution in [0, 0.1) is 0 Å². The first-order chi connectivity index (χ1) is 23.8. The van der Waals surface area contributed by atoms with E-state index >= 15 is 0 Å². The molecule has 0 unspecified atom stereocenters. The highest BCUT2D eigenvalue weighted by molar-refractivity contribution is 7.26. The van der Waals surface area contributed by atoms with Crippen LogP contribution in [0.2, 0.25) is 0 Å². The molecule has 6 aromatic carbocycles. The van der Waals surface area contributed by atoms with E-state index in [2.05, 4.69) is 176 Å². The Bertz CT molecular complexity index is 2650. The lowest BCUT2D eigenvalue weighted by atomic mass is 9.79. The molecular weight excluding hydrogens is 627 g/mol. The fraction of sp³-hybridized carbons (Fsp3) is 0.234. The Morgan fingerprint density at radius 2 is 1.24 bits per heavy atom. The van der Waals surface area contributed by atoms with Crippen LogP contribution in [-0.2, 0) is 16.2 Å². The van der Waals surface area contributed by atoms with E-state index in [1.807, 2.05) is 11.3 Å². The van der Waals surface area contributed by atoms with Gasteiger partial charge >= 0.3 is 0 Å². The summed E-state index contributed by atoms with van der Waals surface area (Å²) in [6.45, 7) is 18.5. The van der Waals surface area contributed by atoms with E-state index in [9.17, 15) is 0 Å². The fourth-order valence-corrected chi connectivity index (χ4v) is 9.36. The van der Waals surface area contributed by atoms with Crippen LogP contribution in [0.25, 0.3) is 53.2 Å². The first-order valence-electron chi connectivity index (χ1n) is 17.8. The molecule has 248 valence electrons. The summed E-state index contributed by atoms with van der Waals surface area (Å²) in [7, 11) is 0. The van der Waals surface area contributed by atoms with Crippen LogP contribution in [0.1, 0.15) is 77.6 Å². The maximum atomic E-state index is 7.16. The molecule has 1 aliphatic rings. The Morgan fingerprint density at radius 1 is 0.560 bits per heavy atom. The third-order valence-electron chi connectivity index (χ3n) is 10.9. The molecule has 0 saturated heterocycles. The van der Waals surface area contributed by atoms with Gasteiger partial charge in [0.2, 0.25) is 0 Å². The van der Waals surface area contributed by atoms with E-state index in [1.165, 1.54) is 58.9 Å². The largest absolute Gasteiger partial charge is 0.454 e. The molecule has 2 heterocycles. The molecule has 0 saturated carbocycles. The molecule has 0 spiro atoms.